The van der Waals surface area contributed by atoms with Crippen LogP contribution in [0.15, 0.2) is 54.6 Å². The van der Waals surface area contributed by atoms with Crippen LogP contribution < -0.4 is 5.32 Å². The van der Waals surface area contributed by atoms with E-state index in [1.54, 1.807) is 7.11 Å². The summed E-state index contributed by atoms with van der Waals surface area (Å²) in [4.78, 5) is 29.2. The Kier molecular flexibility index (Phi) is 4.24. The lowest BCUT2D eigenvalue weighted by atomic mass is 9.67. The third-order valence-electron chi connectivity index (χ3n) is 7.15. The molecule has 2 atom stereocenters. The third-order valence-corrected chi connectivity index (χ3v) is 7.15. The van der Waals surface area contributed by atoms with Gasteiger partial charge in [0.25, 0.3) is 0 Å². The molecule has 5 rings (SSSR count). The lowest BCUT2D eigenvalue weighted by Gasteiger charge is -2.44. The van der Waals surface area contributed by atoms with Gasteiger partial charge in [-0.25, -0.2) is 0 Å². The zero-order valence-electron chi connectivity index (χ0n) is 16.7. The first-order chi connectivity index (χ1) is 14.1. The molecule has 2 aromatic carbocycles. The molecule has 2 heterocycles. The Hall–Kier alpha value is -2.66. The molecular weight excluding hydrogens is 364 g/mol. The van der Waals surface area contributed by atoms with E-state index in [0.29, 0.717) is 19.6 Å². The van der Waals surface area contributed by atoms with Gasteiger partial charge in [-0.3, -0.25) is 9.59 Å². The van der Waals surface area contributed by atoms with Crippen LogP contribution in [0.25, 0.3) is 0 Å². The van der Waals surface area contributed by atoms with Gasteiger partial charge in [0.2, 0.25) is 11.8 Å². The van der Waals surface area contributed by atoms with E-state index in [4.69, 9.17) is 4.74 Å². The molecule has 0 bridgehead atoms. The number of benzene rings is 2. The number of anilines is 1. The van der Waals surface area contributed by atoms with Crippen molar-refractivity contribution in [2.75, 3.05) is 25.6 Å². The molecule has 29 heavy (non-hydrogen) atoms. The van der Waals surface area contributed by atoms with Crippen LogP contribution in [0.5, 0.6) is 0 Å². The topological polar surface area (TPSA) is 58.6 Å². The molecule has 1 saturated carbocycles. The fourth-order valence-corrected chi connectivity index (χ4v) is 5.61. The van der Waals surface area contributed by atoms with Gasteiger partial charge in [0.05, 0.1) is 18.1 Å². The highest BCUT2D eigenvalue weighted by atomic mass is 16.5. The third kappa shape index (κ3) is 2.50. The summed E-state index contributed by atoms with van der Waals surface area (Å²) in [7, 11) is 1.66. The number of nitrogens with one attached hydrogen (secondary N) is 1. The first-order valence-electron chi connectivity index (χ1n) is 10.4. The molecule has 2 amide bonds. The Morgan fingerprint density at radius 2 is 1.83 bits per heavy atom. The van der Waals surface area contributed by atoms with Crippen molar-refractivity contribution < 1.29 is 14.3 Å². The molecule has 5 nitrogen and oxygen atoms in total. The number of para-hydroxylation sites is 1. The molecule has 150 valence electrons. The minimum Gasteiger partial charge on any atom is -0.384 e. The van der Waals surface area contributed by atoms with Gasteiger partial charge >= 0.3 is 0 Å². The number of nitrogens with zero attached hydrogens (tertiary/aromatic N) is 1. The summed E-state index contributed by atoms with van der Waals surface area (Å²) in [6.07, 6.45) is 3.39. The highest BCUT2D eigenvalue weighted by Crippen LogP contribution is 2.56. The smallest absolute Gasteiger partial charge is 0.237 e. The molecule has 5 heteroatoms. The molecule has 2 fully saturated rings. The fraction of sp³-hybridized carbons (Fsp3) is 0.417. The van der Waals surface area contributed by atoms with Gasteiger partial charge in [0.15, 0.2) is 0 Å². The van der Waals surface area contributed by atoms with E-state index in [-0.39, 0.29) is 17.9 Å². The number of rotatable bonds is 4. The maximum absolute atomic E-state index is 13.8. The van der Waals surface area contributed by atoms with Crippen LogP contribution in [0.2, 0.25) is 0 Å². The van der Waals surface area contributed by atoms with Crippen LogP contribution in [-0.4, -0.2) is 37.0 Å². The maximum atomic E-state index is 13.8. The van der Waals surface area contributed by atoms with Crippen LogP contribution in [0, 0.1) is 5.41 Å². The molecule has 1 spiro atoms. The Labute approximate surface area is 171 Å². The van der Waals surface area contributed by atoms with Gasteiger partial charge in [-0.05, 0) is 36.5 Å². The molecule has 1 N–H and O–H groups in total. The molecule has 1 aliphatic carbocycles. The molecular formula is C24H26N2O3. The van der Waals surface area contributed by atoms with Gasteiger partial charge in [0.1, 0.15) is 5.41 Å². The largest absolute Gasteiger partial charge is 0.384 e. The van der Waals surface area contributed by atoms with Crippen molar-refractivity contribution >= 4 is 17.5 Å². The minimum absolute atomic E-state index is 0.00254. The van der Waals surface area contributed by atoms with Gasteiger partial charge < -0.3 is 15.0 Å². The second-order valence-electron chi connectivity index (χ2n) is 8.60. The summed E-state index contributed by atoms with van der Waals surface area (Å²) in [5.41, 5.74) is 1.69. The first-order valence-corrected chi connectivity index (χ1v) is 10.4. The molecule has 0 aromatic heterocycles. The average Bonchev–Trinajstić information content (AvgIpc) is 3.25. The predicted molar refractivity (Wildman–Crippen MR) is 110 cm³/mol. The van der Waals surface area contributed by atoms with Crippen molar-refractivity contribution in [2.24, 2.45) is 5.41 Å². The lowest BCUT2D eigenvalue weighted by Crippen LogP contribution is -2.52. The van der Waals surface area contributed by atoms with Crippen molar-refractivity contribution in [3.05, 3.63) is 65.7 Å². The van der Waals surface area contributed by atoms with Gasteiger partial charge in [-0.15, -0.1) is 0 Å². The highest BCUT2D eigenvalue weighted by molar-refractivity contribution is 6.08. The van der Waals surface area contributed by atoms with Crippen LogP contribution in [0.4, 0.5) is 5.69 Å². The lowest BCUT2D eigenvalue weighted by molar-refractivity contribution is -0.154. The Balaban J connectivity index is 1.63. The van der Waals surface area contributed by atoms with E-state index >= 15 is 0 Å². The van der Waals surface area contributed by atoms with Crippen molar-refractivity contribution in [3.8, 4) is 0 Å². The van der Waals surface area contributed by atoms with Crippen LogP contribution in [0.3, 0.4) is 0 Å². The number of carbonyl (C=O) groups is 2. The van der Waals surface area contributed by atoms with E-state index in [1.165, 1.54) is 0 Å². The second-order valence-corrected chi connectivity index (χ2v) is 8.60. The van der Waals surface area contributed by atoms with Gasteiger partial charge in [-0.2, -0.15) is 0 Å². The monoisotopic (exact) mass is 390 g/mol. The molecule has 2 aromatic rings. The first kappa shape index (κ1) is 18.4. The maximum Gasteiger partial charge on any atom is 0.237 e. The van der Waals surface area contributed by atoms with Crippen molar-refractivity contribution in [2.45, 2.75) is 37.1 Å². The molecule has 0 radical (unpaired) electrons. The molecule has 0 unspecified atom stereocenters. The Bertz CT molecular complexity index is 954. The van der Waals surface area contributed by atoms with Gasteiger partial charge in [0, 0.05) is 19.3 Å². The van der Waals surface area contributed by atoms with Crippen LogP contribution in [-0.2, 0) is 19.7 Å². The Morgan fingerprint density at radius 1 is 1.10 bits per heavy atom. The second kappa shape index (κ2) is 6.70. The molecule has 3 aliphatic rings. The van der Waals surface area contributed by atoms with Crippen molar-refractivity contribution in [3.63, 3.8) is 0 Å². The number of hydrogen-bond donors (Lipinski definition) is 1. The quantitative estimate of drug-likeness (QED) is 0.867. The summed E-state index contributed by atoms with van der Waals surface area (Å²) < 4.78 is 5.44. The normalized spacial score (nSPS) is 26.9. The molecule has 2 aliphatic heterocycles. The summed E-state index contributed by atoms with van der Waals surface area (Å²) in [6, 6.07) is 17.6. The highest BCUT2D eigenvalue weighted by Gasteiger charge is 2.61. The van der Waals surface area contributed by atoms with Crippen molar-refractivity contribution in [1.82, 2.24) is 4.90 Å². The standard InChI is InChI=1S/C24H26N2O3/c1-29-16-23(12-7-13-23)22(28)26-15-14-24(20(26)17-8-3-2-4-9-17)18-10-5-6-11-19(18)25-21(24)27/h2-6,8-11,20H,7,12-16H2,1H3,(H,25,27)/t20-,24+/m0/s1. The number of carbonyl (C=O) groups excluding carboxylic acids is 2. The molecule has 1 saturated heterocycles. The van der Waals surface area contributed by atoms with E-state index < -0.39 is 10.8 Å². The Morgan fingerprint density at radius 3 is 2.52 bits per heavy atom. The van der Waals surface area contributed by atoms with E-state index in [1.807, 2.05) is 59.5 Å². The number of amides is 2. The zero-order chi connectivity index (χ0) is 20.1. The fourth-order valence-electron chi connectivity index (χ4n) is 5.61. The SMILES string of the molecule is COCC1(C(=O)N2CC[C@]3(C(=O)Nc4ccccc43)[C@@H]2c2ccccc2)CCC1. The van der Waals surface area contributed by atoms with Crippen LogP contribution >= 0.6 is 0 Å². The number of fused-ring (bicyclic) bond motifs is 2. The number of ether oxygens (including phenoxy) is 1. The number of hydrogen-bond acceptors (Lipinski definition) is 3. The van der Waals surface area contributed by atoms with E-state index in [2.05, 4.69) is 5.32 Å². The summed E-state index contributed by atoms with van der Waals surface area (Å²) in [5, 5.41) is 3.08. The van der Waals surface area contributed by atoms with E-state index in [0.717, 1.165) is 36.1 Å². The number of methoxy groups -OCH3 is 1. The summed E-state index contributed by atoms with van der Waals surface area (Å²) in [5.74, 6) is 0.130. The predicted octanol–water partition coefficient (Wildman–Crippen LogP) is 3.67. The number of likely N-dealkylation sites (tertiary alicyclic amines) is 1. The van der Waals surface area contributed by atoms with Gasteiger partial charge in [-0.1, -0.05) is 55.0 Å². The summed E-state index contributed by atoms with van der Waals surface area (Å²) in [6.45, 7) is 1.02. The minimum atomic E-state index is -0.744. The average molecular weight is 390 g/mol. The van der Waals surface area contributed by atoms with Crippen molar-refractivity contribution in [1.29, 1.82) is 0 Å². The van der Waals surface area contributed by atoms with Crippen LogP contribution in [0.1, 0.15) is 42.9 Å². The zero-order valence-corrected chi connectivity index (χ0v) is 16.7. The summed E-state index contributed by atoms with van der Waals surface area (Å²) >= 11 is 0. The van der Waals surface area contributed by atoms with E-state index in [9.17, 15) is 9.59 Å².